The normalized spacial score (nSPS) is 48.1. The van der Waals surface area contributed by atoms with Crippen molar-refractivity contribution in [2.75, 3.05) is 72.2 Å². The summed E-state index contributed by atoms with van der Waals surface area (Å²) >= 11 is 0. The molecule has 60 nitrogen and oxygen atoms in total. The number of Topliss-reactive ketones (excluding diaryl/α,β-unsaturated/α-hetero) is 1. The zero-order chi connectivity index (χ0) is 107. The van der Waals surface area contributed by atoms with Crippen molar-refractivity contribution >= 4 is 17.5 Å². The molecule has 4 saturated carbocycles. The summed E-state index contributed by atoms with van der Waals surface area (Å²) in [5, 5.41) is 231. The van der Waals surface area contributed by atoms with E-state index in [-0.39, 0.29) is 115 Å². The van der Waals surface area contributed by atoms with Gasteiger partial charge in [-0.05, 0) is 69.1 Å². The highest BCUT2D eigenvalue weighted by atomic mass is 16.8. The van der Waals surface area contributed by atoms with Gasteiger partial charge in [0.2, 0.25) is 0 Å². The molecule has 145 heavy (non-hydrogen) atoms. The Morgan fingerprint density at radius 1 is 0.379 bits per heavy atom. The van der Waals surface area contributed by atoms with E-state index in [1.54, 1.807) is 24.3 Å². The van der Waals surface area contributed by atoms with Crippen molar-refractivity contribution < 1.29 is 202 Å². The SMILES string of the molecule is N=C(N)CC1CC(O)(C(=O)C[C@@H]2C[C@H](N)[C@@H](O[C@H]3O[C@H](CN)C=C[C@H]3N)[C@H](O[C@@H]3O[C@H](CO)[C@@H](O[C@H]4O[C@@H](CN)[C@@H](O)[C@H](O)[C@H]4N)[C@H]3O)[C@H]2O)C1.NC[C@@H](O)C(O)C(=O)N[C@@H]1C[C@H](N)[C@@H](O[C@H]2O[C@H](CN)[C@@H](O)C[C@H]2N)[C@H](O[C@@H]2O[C@H](CO)[C@@H](O[C@H]3O[C@@H](CN)[C@@H](O)[C@H](O)[C@H]3N)[C@H]2O)[C@H]1O.NC[C@@H]1O[C@H](O[C@H]2[C@@H](O)[C@H](O[C@@H]3[C@@H](O)[C@H](CCC(O)CO)C[C@H](N)[C@H]3O[C@H]3O[C@H](CN)C=C[C@H]3N)O[C@@H]2CO)[C@H](N)[C@@H](O)[C@@H]1O. The van der Waals surface area contributed by atoms with Crippen molar-refractivity contribution in [1.82, 2.24) is 5.32 Å². The lowest BCUT2D eigenvalue weighted by Crippen LogP contribution is -2.67. The molecule has 57 N–H and O–H groups in total. The fraction of sp³-hybridized carbons (Fsp3) is 0.918. The molecule has 0 aromatic rings. The average molecular weight is 2100 g/mol. The number of amidine groups is 1. The van der Waals surface area contributed by atoms with Gasteiger partial charge in [0, 0.05) is 76.8 Å². The highest BCUT2D eigenvalue weighted by Gasteiger charge is 2.61. The number of ether oxygens (including phenoxy) is 18. The van der Waals surface area contributed by atoms with Crippen LogP contribution in [-0.4, -0.2) is 527 Å². The minimum Gasteiger partial charge on any atom is -0.394 e. The summed E-state index contributed by atoms with van der Waals surface area (Å²) < 4.78 is 106. The van der Waals surface area contributed by atoms with E-state index in [0.29, 0.717) is 0 Å². The molecule has 0 spiro atoms. The van der Waals surface area contributed by atoms with Crippen LogP contribution in [-0.2, 0) is 94.9 Å². The summed E-state index contributed by atoms with van der Waals surface area (Å²) in [6.07, 6.45) is -48.1. The predicted octanol–water partition coefficient (Wildman–Crippen LogP) is -23.0. The molecule has 0 bridgehead atoms. The minimum absolute atomic E-state index is 0.0400. The van der Waals surface area contributed by atoms with Crippen LogP contribution in [0.2, 0.25) is 0 Å². The highest BCUT2D eigenvalue weighted by Crippen LogP contribution is 2.46. The number of ketones is 1. The van der Waals surface area contributed by atoms with Gasteiger partial charge in [-0.2, -0.15) is 0 Å². The van der Waals surface area contributed by atoms with Crippen LogP contribution in [0.1, 0.15) is 64.2 Å². The van der Waals surface area contributed by atoms with Crippen molar-refractivity contribution in [3.05, 3.63) is 24.3 Å². The lowest BCUT2D eigenvalue weighted by Gasteiger charge is -2.47. The summed E-state index contributed by atoms with van der Waals surface area (Å²) in [5.74, 6) is -3.07. The quantitative estimate of drug-likeness (QED) is 0.0154. The zero-order valence-electron chi connectivity index (χ0n) is 79.9. The van der Waals surface area contributed by atoms with E-state index in [1.807, 2.05) is 0 Å². The molecule has 840 valence electrons. The second kappa shape index (κ2) is 54.3. The van der Waals surface area contributed by atoms with E-state index >= 15 is 0 Å². The molecular formula is C85H159N19O41. The smallest absolute Gasteiger partial charge is 0.251 e. The largest absolute Gasteiger partial charge is 0.394 e. The summed E-state index contributed by atoms with van der Waals surface area (Å²) in [6, 6.07) is -9.97. The number of hydrogen-bond donors (Lipinski definition) is 40. The molecule has 9 heterocycles. The number of carbonyl (C=O) groups excluding carboxylic acids is 2. The maximum Gasteiger partial charge on any atom is 0.251 e. The fourth-order valence-corrected chi connectivity index (χ4v) is 20.3. The first-order valence-corrected chi connectivity index (χ1v) is 48.8. The van der Waals surface area contributed by atoms with Gasteiger partial charge in [-0.3, -0.25) is 15.0 Å². The molecular weight excluding hydrogens is 1940 g/mol. The first-order valence-electron chi connectivity index (χ1n) is 48.8. The van der Waals surface area contributed by atoms with E-state index in [2.05, 4.69) is 5.32 Å². The number of nitrogens with two attached hydrogens (primary N) is 17. The molecule has 60 heteroatoms. The number of aliphatic hydroxyl groups is 21. The third kappa shape index (κ3) is 28.6. The van der Waals surface area contributed by atoms with Crippen LogP contribution >= 0.6 is 0 Å². The average Bonchev–Trinajstić information content (AvgIpc) is 1.76. The topological polar surface area (TPSA) is 1100 Å². The molecule has 7 saturated heterocycles. The van der Waals surface area contributed by atoms with Gasteiger partial charge in [0.25, 0.3) is 5.91 Å². The Labute approximate surface area is 833 Å². The molecule has 13 rings (SSSR count). The van der Waals surface area contributed by atoms with Crippen LogP contribution in [0.5, 0.6) is 0 Å². The number of aliphatic hydroxyl groups excluding tert-OH is 20. The Hall–Kier alpha value is -4.11. The summed E-state index contributed by atoms with van der Waals surface area (Å²) in [7, 11) is 0. The maximum atomic E-state index is 13.4. The van der Waals surface area contributed by atoms with E-state index in [4.69, 9.17) is 188 Å². The number of hydrogen-bond acceptors (Lipinski definition) is 58. The molecule has 0 aromatic carbocycles. The van der Waals surface area contributed by atoms with Crippen LogP contribution in [0.3, 0.4) is 0 Å². The second-order valence-electron chi connectivity index (χ2n) is 39.4. The van der Waals surface area contributed by atoms with Crippen molar-refractivity contribution in [2.24, 2.45) is 115 Å². The van der Waals surface area contributed by atoms with Crippen molar-refractivity contribution in [3.63, 3.8) is 0 Å². The summed E-state index contributed by atoms with van der Waals surface area (Å²) in [5.41, 5.74) is 99.7. The number of rotatable bonds is 40. The van der Waals surface area contributed by atoms with Crippen molar-refractivity contribution in [2.45, 2.75) is 394 Å². The summed E-state index contributed by atoms with van der Waals surface area (Å²) in [6.45, 7) is -3.20. The third-order valence-corrected chi connectivity index (χ3v) is 28.9. The first-order chi connectivity index (χ1) is 68.7. The molecule has 11 fully saturated rings. The van der Waals surface area contributed by atoms with Crippen LogP contribution < -0.4 is 103 Å². The molecule has 2 unspecified atom stereocenters. The van der Waals surface area contributed by atoms with E-state index in [0.717, 1.165) is 0 Å². The fourth-order valence-electron chi connectivity index (χ4n) is 20.3. The van der Waals surface area contributed by atoms with Gasteiger partial charge in [-0.25, -0.2) is 0 Å². The zero-order valence-corrected chi connectivity index (χ0v) is 79.9. The Morgan fingerprint density at radius 3 is 1.10 bits per heavy atom. The van der Waals surface area contributed by atoms with E-state index in [9.17, 15) is 117 Å². The van der Waals surface area contributed by atoms with Crippen LogP contribution in [0.25, 0.3) is 0 Å². The van der Waals surface area contributed by atoms with E-state index < -0.39 is 387 Å². The Morgan fingerprint density at radius 2 is 0.731 bits per heavy atom. The van der Waals surface area contributed by atoms with Crippen molar-refractivity contribution in [1.29, 1.82) is 5.41 Å². The van der Waals surface area contributed by atoms with Gasteiger partial charge in [0.1, 0.15) is 164 Å². The molecule has 0 radical (unpaired) electrons. The molecule has 0 aromatic heterocycles. The predicted molar refractivity (Wildman–Crippen MR) is 490 cm³/mol. The number of carbonyl (C=O) groups is 2. The van der Waals surface area contributed by atoms with Crippen molar-refractivity contribution in [3.8, 4) is 0 Å². The standard InChI is InChI=1S/C31H55N7O13.C27H53N7O15.C27H51N5O13/c32-8-13-1-2-14(34)28(46-13)49-25-15(35)4-12(5-18(40)31(45)6-11(7-31)3-19(36)37)21(41)27(25)51-30-24(44)26(17(10-39)48-30)50-29-20(38)23(43)22(42)16(9-33)47-29;28-3-11(37)17(39)24(43)34-9-1-7(31)21(47-25-8(32)2-10(36)12(4-29)44-25)23(16(9)38)49-27-20(42)22(14(6-35)46-27)48-26-15(33)19(41)18(40)13(5-30)45-26;28-6-12-3-4-13(30)25(40-12)43-22-14(31)5-10(1-2-11(35)8-33)18(36)24(22)45-27-21(39)23(16(9-34)42-27)44-26-17(32)20(38)19(37)15(7-29)41-26/h1-2,11-17,20-30,39,41-45H,3-10,32-35,38H2,(H3,36,37);7-23,25-27,35-42H,1-6,28-33H2,(H,34,43);3-4,10-27,33-39H,1-2,5-9,28-32H2/t11?,12-,13-,14+,15-,16-,17+,20+,21-,22+,23+,24+,25+,26+,27+,28+,29+,30-,31?;7-,8+,9+,10-,11+,12+,13-,14+,15+,16-,17?,18+,19+,20+,21+,22+,23+,25+,26+,27-;10-,11?,12+,13-,14+,15+,16-,17-,18+,19-,20-,21-,22-,23-,24-,25-,26-,27+/m001/s1. The van der Waals surface area contributed by atoms with Gasteiger partial charge in [0.15, 0.2) is 68.5 Å². The van der Waals surface area contributed by atoms with Crippen LogP contribution in [0, 0.1) is 23.2 Å². The Kier molecular flexibility index (Phi) is 45.4. The molecule has 13 aliphatic rings. The van der Waals surface area contributed by atoms with E-state index in [1.165, 1.54) is 0 Å². The van der Waals surface area contributed by atoms with Gasteiger partial charge in [-0.15, -0.1) is 0 Å². The Bertz CT molecular complexity index is 3990. The molecule has 1 amide bonds. The second-order valence-corrected chi connectivity index (χ2v) is 39.4. The Balaban J connectivity index is 0.000000208. The highest BCUT2D eigenvalue weighted by molar-refractivity contribution is 5.89. The van der Waals surface area contributed by atoms with Gasteiger partial charge >= 0.3 is 0 Å². The number of amides is 1. The molecule has 9 aliphatic heterocycles. The van der Waals surface area contributed by atoms with Crippen LogP contribution in [0.15, 0.2) is 24.3 Å². The lowest BCUT2D eigenvalue weighted by atomic mass is 9.65. The maximum absolute atomic E-state index is 13.4. The molecule has 4 aliphatic carbocycles. The molecule has 55 atom stereocenters. The third-order valence-electron chi connectivity index (χ3n) is 28.9. The van der Waals surface area contributed by atoms with Gasteiger partial charge < -0.3 is 295 Å². The van der Waals surface area contributed by atoms with Gasteiger partial charge in [-0.1, -0.05) is 24.3 Å². The summed E-state index contributed by atoms with van der Waals surface area (Å²) in [4.78, 5) is 26.0. The minimum atomic E-state index is -1.94. The lowest BCUT2D eigenvalue weighted by molar-refractivity contribution is -0.296. The van der Waals surface area contributed by atoms with Gasteiger partial charge in [0.05, 0.1) is 117 Å². The van der Waals surface area contributed by atoms with Crippen LogP contribution in [0.4, 0.5) is 0 Å². The number of nitrogens with one attached hydrogen (secondary N) is 2. The monoisotopic (exact) mass is 2100 g/mol. The first kappa shape index (κ1) is 121.